The van der Waals surface area contributed by atoms with Crippen molar-refractivity contribution in [1.82, 2.24) is 19.6 Å². The highest BCUT2D eigenvalue weighted by atomic mass is 35.5. The van der Waals surface area contributed by atoms with E-state index < -0.39 is 5.82 Å². The molecule has 0 saturated carbocycles. The summed E-state index contributed by atoms with van der Waals surface area (Å²) >= 11 is 5.73. The van der Waals surface area contributed by atoms with E-state index in [2.05, 4.69) is 15.3 Å². The first kappa shape index (κ1) is 18.3. The number of carbonyl (C=O) groups is 1. The molecule has 2 aliphatic rings. The summed E-state index contributed by atoms with van der Waals surface area (Å²) in [5.41, 5.74) is 0.729. The average molecular weight is 392 g/mol. The quantitative estimate of drug-likeness (QED) is 0.872. The zero-order valence-corrected chi connectivity index (χ0v) is 15.8. The van der Waals surface area contributed by atoms with Crippen molar-refractivity contribution in [3.63, 3.8) is 0 Å². The fraction of sp³-hybridized carbons (Fsp3) is 0.474. The highest BCUT2D eigenvalue weighted by molar-refractivity contribution is 6.30. The zero-order valence-electron chi connectivity index (χ0n) is 15.1. The molecule has 0 aliphatic carbocycles. The molecule has 1 aromatic carbocycles. The molecular weight excluding hydrogens is 369 g/mol. The van der Waals surface area contributed by atoms with Gasteiger partial charge < -0.3 is 4.90 Å². The molecule has 27 heavy (non-hydrogen) atoms. The highest BCUT2D eigenvalue weighted by Gasteiger charge is 2.31. The molecule has 2 saturated heterocycles. The van der Waals surface area contributed by atoms with Gasteiger partial charge >= 0.3 is 6.03 Å². The molecule has 1 unspecified atom stereocenters. The molecule has 1 N–H and O–H groups in total. The van der Waals surface area contributed by atoms with Gasteiger partial charge in [-0.2, -0.15) is 5.10 Å². The van der Waals surface area contributed by atoms with Crippen LogP contribution in [-0.2, 0) is 6.54 Å². The lowest BCUT2D eigenvalue weighted by Crippen LogP contribution is -2.57. The molecule has 3 heterocycles. The number of urea groups is 1. The molecule has 2 amide bonds. The number of anilines is 1. The number of hydrogen-bond acceptors (Lipinski definition) is 3. The van der Waals surface area contributed by atoms with Crippen molar-refractivity contribution in [2.45, 2.75) is 31.8 Å². The topological polar surface area (TPSA) is 53.4 Å². The third kappa shape index (κ3) is 4.09. The molecule has 1 atom stereocenters. The lowest BCUT2D eigenvalue weighted by atomic mass is 10.00. The van der Waals surface area contributed by atoms with E-state index >= 15 is 0 Å². The van der Waals surface area contributed by atoms with Crippen molar-refractivity contribution in [2.24, 2.45) is 0 Å². The maximum Gasteiger partial charge on any atom is 0.323 e. The molecule has 0 spiro atoms. The summed E-state index contributed by atoms with van der Waals surface area (Å²) in [4.78, 5) is 17.1. The first-order valence-corrected chi connectivity index (χ1v) is 9.73. The van der Waals surface area contributed by atoms with Gasteiger partial charge in [0.25, 0.3) is 0 Å². The minimum absolute atomic E-state index is 0.0922. The number of halogens is 2. The third-order valence-electron chi connectivity index (χ3n) is 5.39. The predicted octanol–water partition coefficient (Wildman–Crippen LogP) is 3.43. The number of piperazine rings is 1. The normalized spacial score (nSPS) is 20.4. The van der Waals surface area contributed by atoms with Gasteiger partial charge in [-0.15, -0.1) is 0 Å². The van der Waals surface area contributed by atoms with Crippen LogP contribution in [0.1, 0.15) is 24.8 Å². The van der Waals surface area contributed by atoms with Crippen molar-refractivity contribution in [3.8, 4) is 0 Å². The number of nitrogens with zero attached hydrogens (tertiary/aromatic N) is 4. The van der Waals surface area contributed by atoms with Gasteiger partial charge in [-0.25, -0.2) is 13.9 Å². The summed E-state index contributed by atoms with van der Waals surface area (Å²) in [6, 6.07) is 6.78. The van der Waals surface area contributed by atoms with Gasteiger partial charge in [-0.3, -0.25) is 10.2 Å². The summed E-state index contributed by atoms with van der Waals surface area (Å²) in [5, 5.41) is 7.29. The second-order valence-corrected chi connectivity index (χ2v) is 7.59. The Kier molecular flexibility index (Phi) is 5.31. The maximum absolute atomic E-state index is 13.7. The summed E-state index contributed by atoms with van der Waals surface area (Å²) in [6.07, 6.45) is 5.28. The zero-order chi connectivity index (χ0) is 18.8. The molecule has 1 aromatic heterocycles. The van der Waals surface area contributed by atoms with Gasteiger partial charge in [0.2, 0.25) is 0 Å². The molecule has 8 heteroatoms. The van der Waals surface area contributed by atoms with Gasteiger partial charge in [0.15, 0.2) is 0 Å². The molecule has 0 radical (unpaired) electrons. The smallest absolute Gasteiger partial charge is 0.322 e. The van der Waals surface area contributed by atoms with Crippen LogP contribution < -0.4 is 5.32 Å². The van der Waals surface area contributed by atoms with Crippen LogP contribution in [0.3, 0.4) is 0 Å². The summed E-state index contributed by atoms with van der Waals surface area (Å²) in [7, 11) is 0. The Morgan fingerprint density at radius 3 is 3.00 bits per heavy atom. The van der Waals surface area contributed by atoms with Gasteiger partial charge in [0.1, 0.15) is 11.6 Å². The number of fused-ring (bicyclic) bond motifs is 1. The lowest BCUT2D eigenvalue weighted by molar-refractivity contribution is 0.0678. The van der Waals surface area contributed by atoms with Crippen LogP contribution in [-0.4, -0.2) is 57.8 Å². The minimum atomic E-state index is -0.461. The third-order valence-corrected chi connectivity index (χ3v) is 5.70. The number of amides is 2. The second kappa shape index (κ2) is 7.86. The Hall–Kier alpha value is -2.12. The Balaban J connectivity index is 1.40. The summed E-state index contributed by atoms with van der Waals surface area (Å²) < 4.78 is 15.3. The molecule has 2 fully saturated rings. The first-order chi connectivity index (χ1) is 13.1. The van der Waals surface area contributed by atoms with E-state index in [1.165, 1.54) is 25.0 Å². The van der Waals surface area contributed by atoms with E-state index in [4.69, 9.17) is 11.6 Å². The number of piperidine rings is 1. The standard InChI is InChI=1S/C19H23ClFN5O/c20-16-5-4-14(11-17(16)21)12-26-18(6-7-22-26)23-19(27)25-10-9-24-8-2-1-3-15(24)13-25/h4-7,11,15H,1-3,8-10,12-13H2,(H,23,27). The van der Waals surface area contributed by atoms with Crippen LogP contribution in [0.25, 0.3) is 0 Å². The van der Waals surface area contributed by atoms with Crippen molar-refractivity contribution in [2.75, 3.05) is 31.5 Å². The van der Waals surface area contributed by atoms with E-state index in [1.54, 1.807) is 23.0 Å². The number of benzene rings is 1. The number of nitrogens with one attached hydrogen (secondary N) is 1. The number of rotatable bonds is 3. The van der Waals surface area contributed by atoms with E-state index in [9.17, 15) is 9.18 Å². The van der Waals surface area contributed by atoms with Crippen LogP contribution >= 0.6 is 11.6 Å². The number of aromatic nitrogens is 2. The fourth-order valence-electron chi connectivity index (χ4n) is 3.90. The Morgan fingerprint density at radius 2 is 2.15 bits per heavy atom. The van der Waals surface area contributed by atoms with Crippen molar-refractivity contribution >= 4 is 23.4 Å². The predicted molar refractivity (Wildman–Crippen MR) is 103 cm³/mol. The van der Waals surface area contributed by atoms with Crippen LogP contribution in [0, 0.1) is 5.82 Å². The fourth-order valence-corrected chi connectivity index (χ4v) is 4.02. The molecule has 2 aliphatic heterocycles. The Bertz CT molecular complexity index is 826. The van der Waals surface area contributed by atoms with Crippen molar-refractivity contribution in [1.29, 1.82) is 0 Å². The minimum Gasteiger partial charge on any atom is -0.322 e. The molecule has 4 rings (SSSR count). The molecular formula is C19H23ClFN5O. The Morgan fingerprint density at radius 1 is 1.26 bits per heavy atom. The van der Waals surface area contributed by atoms with Crippen molar-refractivity contribution in [3.05, 3.63) is 46.9 Å². The monoisotopic (exact) mass is 391 g/mol. The van der Waals surface area contributed by atoms with Gasteiger partial charge in [0, 0.05) is 31.7 Å². The lowest BCUT2D eigenvalue weighted by Gasteiger charge is -2.43. The number of carbonyl (C=O) groups excluding carboxylic acids is 1. The van der Waals surface area contributed by atoms with E-state index in [0.29, 0.717) is 18.4 Å². The Labute approximate surface area is 162 Å². The SMILES string of the molecule is O=C(Nc1ccnn1Cc1ccc(Cl)c(F)c1)N1CCN2CCCCC2C1. The van der Waals surface area contributed by atoms with Gasteiger partial charge in [-0.1, -0.05) is 24.1 Å². The van der Waals surface area contributed by atoms with Crippen LogP contribution in [0.15, 0.2) is 30.5 Å². The van der Waals surface area contributed by atoms with E-state index in [1.807, 2.05) is 4.90 Å². The van der Waals surface area contributed by atoms with E-state index in [-0.39, 0.29) is 11.1 Å². The number of hydrogen-bond donors (Lipinski definition) is 1. The highest BCUT2D eigenvalue weighted by Crippen LogP contribution is 2.22. The second-order valence-electron chi connectivity index (χ2n) is 7.18. The van der Waals surface area contributed by atoms with Gasteiger partial charge in [-0.05, 0) is 37.1 Å². The van der Waals surface area contributed by atoms with Crippen LogP contribution in [0.5, 0.6) is 0 Å². The van der Waals surface area contributed by atoms with Crippen molar-refractivity contribution < 1.29 is 9.18 Å². The maximum atomic E-state index is 13.7. The average Bonchev–Trinajstić information content (AvgIpc) is 3.11. The molecule has 144 valence electrons. The first-order valence-electron chi connectivity index (χ1n) is 9.36. The summed E-state index contributed by atoms with van der Waals surface area (Å²) in [6.45, 7) is 3.93. The van der Waals surface area contributed by atoms with Gasteiger partial charge in [0.05, 0.1) is 17.8 Å². The molecule has 6 nitrogen and oxygen atoms in total. The summed E-state index contributed by atoms with van der Waals surface area (Å²) in [5.74, 6) is 0.138. The molecule has 0 bridgehead atoms. The van der Waals surface area contributed by atoms with Crippen LogP contribution in [0.2, 0.25) is 5.02 Å². The van der Waals surface area contributed by atoms with Crippen LogP contribution in [0.4, 0.5) is 15.0 Å². The largest absolute Gasteiger partial charge is 0.323 e. The van der Waals surface area contributed by atoms with E-state index in [0.717, 1.165) is 38.2 Å². The molecule has 2 aromatic rings.